The summed E-state index contributed by atoms with van der Waals surface area (Å²) in [5.41, 5.74) is 0. The molecule has 0 aromatic carbocycles. The minimum atomic E-state index is -0.787. The molecule has 0 bridgehead atoms. The third kappa shape index (κ3) is 43.1. The van der Waals surface area contributed by atoms with Crippen molar-refractivity contribution in [1.29, 1.82) is 0 Å². The average molecular weight is 228 g/mol. The highest BCUT2D eigenvalue weighted by atomic mass is 32.1. The molecule has 0 fully saturated rings. The molecule has 0 aromatic rings. The fourth-order valence-electron chi connectivity index (χ4n) is 0.310. The van der Waals surface area contributed by atoms with Crippen LogP contribution in [0.2, 0.25) is 0 Å². The molecule has 0 rings (SSSR count). The van der Waals surface area contributed by atoms with E-state index in [0.29, 0.717) is 12.2 Å². The van der Waals surface area contributed by atoms with Crippen LogP contribution >= 0.6 is 12.6 Å². The Morgan fingerprint density at radius 1 is 1.07 bits per heavy atom. The van der Waals surface area contributed by atoms with Crippen molar-refractivity contribution in [3.05, 3.63) is 0 Å². The molecule has 0 aliphatic heterocycles. The lowest BCUT2D eigenvalue weighted by molar-refractivity contribution is -0.176. The molecule has 0 atom stereocenters. The van der Waals surface area contributed by atoms with Crippen molar-refractivity contribution in [1.82, 2.24) is 0 Å². The molecule has 0 saturated carbocycles. The van der Waals surface area contributed by atoms with E-state index >= 15 is 0 Å². The van der Waals surface area contributed by atoms with E-state index in [4.69, 9.17) is 20.7 Å². The third-order valence-electron chi connectivity index (χ3n) is 0.790. The standard InChI is InChI=1S/C4H8O2.C3H6O2S.H2O2/c1-2-3-4(5)6;4-3(5)1-2-6;1-2/h2-3H2,1H3,(H,5,6);6H,1-2H2,(H,4,5);1-2H. The van der Waals surface area contributed by atoms with Crippen molar-refractivity contribution >= 4 is 24.6 Å². The molecule has 0 unspecified atom stereocenters. The van der Waals surface area contributed by atoms with Crippen LogP contribution < -0.4 is 0 Å². The summed E-state index contributed by atoms with van der Waals surface area (Å²) in [7, 11) is 0. The zero-order valence-electron chi connectivity index (χ0n) is 7.88. The van der Waals surface area contributed by atoms with Gasteiger partial charge in [0.1, 0.15) is 0 Å². The molecule has 7 heteroatoms. The van der Waals surface area contributed by atoms with E-state index in [9.17, 15) is 9.59 Å². The van der Waals surface area contributed by atoms with Crippen LogP contribution in [0.4, 0.5) is 0 Å². The number of carboxylic acids is 2. The van der Waals surface area contributed by atoms with Gasteiger partial charge in [-0.3, -0.25) is 20.1 Å². The smallest absolute Gasteiger partial charge is 0.304 e. The van der Waals surface area contributed by atoms with Gasteiger partial charge in [0.15, 0.2) is 0 Å². The topological polar surface area (TPSA) is 115 Å². The summed E-state index contributed by atoms with van der Waals surface area (Å²) >= 11 is 3.68. The molecular formula is C7H16O6S. The van der Waals surface area contributed by atoms with Gasteiger partial charge < -0.3 is 10.2 Å². The molecule has 0 aliphatic carbocycles. The monoisotopic (exact) mass is 228 g/mol. The lowest BCUT2D eigenvalue weighted by Gasteiger charge is -1.79. The van der Waals surface area contributed by atoms with Gasteiger partial charge in [-0.05, 0) is 6.42 Å². The summed E-state index contributed by atoms with van der Waals surface area (Å²) < 4.78 is 0. The maximum atomic E-state index is 9.60. The van der Waals surface area contributed by atoms with Crippen LogP contribution in [0.3, 0.4) is 0 Å². The summed E-state index contributed by atoms with van der Waals surface area (Å²) in [5.74, 6) is -1.07. The maximum absolute atomic E-state index is 9.60. The molecule has 14 heavy (non-hydrogen) atoms. The van der Waals surface area contributed by atoms with Gasteiger partial charge in [-0.1, -0.05) is 6.92 Å². The second-order valence-corrected chi connectivity index (χ2v) is 2.46. The summed E-state index contributed by atoms with van der Waals surface area (Å²) in [4.78, 5) is 19.1. The third-order valence-corrected chi connectivity index (χ3v) is 1.01. The number of hydrogen-bond acceptors (Lipinski definition) is 5. The van der Waals surface area contributed by atoms with Crippen molar-refractivity contribution in [2.75, 3.05) is 5.75 Å². The van der Waals surface area contributed by atoms with Crippen LogP contribution in [-0.2, 0) is 9.59 Å². The van der Waals surface area contributed by atoms with Gasteiger partial charge in [-0.2, -0.15) is 12.6 Å². The fourth-order valence-corrected chi connectivity index (χ4v) is 0.501. The minimum absolute atomic E-state index is 0.156. The zero-order chi connectivity index (χ0) is 12.0. The summed E-state index contributed by atoms with van der Waals surface area (Å²) in [6, 6.07) is 0. The van der Waals surface area contributed by atoms with E-state index < -0.39 is 11.9 Å². The van der Waals surface area contributed by atoms with Crippen LogP contribution in [0.1, 0.15) is 26.2 Å². The molecule has 0 heterocycles. The number of thiol groups is 1. The van der Waals surface area contributed by atoms with E-state index in [2.05, 4.69) is 12.6 Å². The highest BCUT2D eigenvalue weighted by Gasteiger charge is 1.88. The largest absolute Gasteiger partial charge is 0.481 e. The van der Waals surface area contributed by atoms with E-state index in [-0.39, 0.29) is 6.42 Å². The summed E-state index contributed by atoms with van der Waals surface area (Å²) in [6.07, 6.45) is 1.18. The predicted octanol–water partition coefficient (Wildman–Crippen LogP) is 1.28. The van der Waals surface area contributed by atoms with Crippen molar-refractivity contribution in [2.24, 2.45) is 0 Å². The quantitative estimate of drug-likeness (QED) is 0.281. The molecule has 0 spiro atoms. The van der Waals surface area contributed by atoms with Gasteiger partial charge in [0.05, 0.1) is 6.42 Å². The first-order valence-electron chi connectivity index (χ1n) is 3.79. The number of carbonyl (C=O) groups is 2. The lowest BCUT2D eigenvalue weighted by Crippen LogP contribution is -1.93. The summed E-state index contributed by atoms with van der Waals surface area (Å²) in [6.45, 7) is 1.84. The van der Waals surface area contributed by atoms with Crippen molar-refractivity contribution < 1.29 is 30.3 Å². The lowest BCUT2D eigenvalue weighted by atomic mass is 10.4. The molecule has 86 valence electrons. The first-order valence-corrected chi connectivity index (χ1v) is 4.42. The second kappa shape index (κ2) is 18.1. The normalized spacial score (nSPS) is 7.43. The van der Waals surface area contributed by atoms with E-state index in [1.54, 1.807) is 0 Å². The van der Waals surface area contributed by atoms with Crippen LogP contribution in [0.25, 0.3) is 0 Å². The zero-order valence-corrected chi connectivity index (χ0v) is 8.78. The molecule has 4 N–H and O–H groups in total. The van der Waals surface area contributed by atoms with Gasteiger partial charge in [0.2, 0.25) is 0 Å². The van der Waals surface area contributed by atoms with Crippen molar-refractivity contribution in [3.8, 4) is 0 Å². The van der Waals surface area contributed by atoms with Crippen molar-refractivity contribution in [2.45, 2.75) is 26.2 Å². The van der Waals surface area contributed by atoms with Gasteiger partial charge in [0, 0.05) is 12.2 Å². The predicted molar refractivity (Wildman–Crippen MR) is 53.9 cm³/mol. The fraction of sp³-hybridized carbons (Fsp3) is 0.714. The van der Waals surface area contributed by atoms with E-state index in [0.717, 1.165) is 6.42 Å². The average Bonchev–Trinajstić information content (AvgIpc) is 2.08. The molecular weight excluding hydrogens is 212 g/mol. The van der Waals surface area contributed by atoms with Gasteiger partial charge >= 0.3 is 11.9 Å². The van der Waals surface area contributed by atoms with Crippen LogP contribution in [0.15, 0.2) is 0 Å². The molecule has 0 aromatic heterocycles. The van der Waals surface area contributed by atoms with Gasteiger partial charge in [-0.15, -0.1) is 0 Å². The Morgan fingerprint density at radius 2 is 1.43 bits per heavy atom. The minimum Gasteiger partial charge on any atom is -0.481 e. The van der Waals surface area contributed by atoms with Crippen LogP contribution in [0.5, 0.6) is 0 Å². The Labute approximate surface area is 87.5 Å². The number of rotatable bonds is 4. The highest BCUT2D eigenvalue weighted by molar-refractivity contribution is 7.80. The molecule has 0 saturated heterocycles. The second-order valence-electron chi connectivity index (χ2n) is 2.01. The SMILES string of the molecule is CCCC(=O)O.O=C(O)CCS.OO. The molecule has 0 aliphatic rings. The Kier molecular flexibility index (Phi) is 24.4. The van der Waals surface area contributed by atoms with Gasteiger partial charge in [-0.25, -0.2) is 0 Å². The Hall–Kier alpha value is -0.790. The summed E-state index contributed by atoms with van der Waals surface area (Å²) in [5, 5.41) is 27.8. The van der Waals surface area contributed by atoms with E-state index in [1.807, 2.05) is 6.92 Å². The van der Waals surface area contributed by atoms with Crippen LogP contribution in [-0.4, -0.2) is 38.4 Å². The number of aliphatic carboxylic acids is 2. The Balaban J connectivity index is -0.000000147. The first-order chi connectivity index (χ1) is 6.54. The number of hydrogen-bond donors (Lipinski definition) is 5. The molecule has 0 radical (unpaired) electrons. The molecule has 0 amide bonds. The van der Waals surface area contributed by atoms with Crippen LogP contribution in [0, 0.1) is 0 Å². The molecule has 6 nitrogen and oxygen atoms in total. The Morgan fingerprint density at radius 3 is 1.43 bits per heavy atom. The highest BCUT2D eigenvalue weighted by Crippen LogP contribution is 1.82. The van der Waals surface area contributed by atoms with E-state index in [1.165, 1.54) is 0 Å². The van der Waals surface area contributed by atoms with Gasteiger partial charge in [0.25, 0.3) is 0 Å². The Bertz CT molecular complexity index is 122. The number of carboxylic acid groups (broad SMARTS) is 2. The van der Waals surface area contributed by atoms with Crippen molar-refractivity contribution in [3.63, 3.8) is 0 Å². The maximum Gasteiger partial charge on any atom is 0.304 e. The first kappa shape index (κ1) is 18.9.